The van der Waals surface area contributed by atoms with Crippen molar-refractivity contribution in [3.63, 3.8) is 0 Å². The Hall–Kier alpha value is -0.840. The second kappa shape index (κ2) is 7.69. The third-order valence-electron chi connectivity index (χ3n) is 7.71. The molecule has 2 aromatic rings. The fourth-order valence-corrected chi connectivity index (χ4v) is 8.02. The summed E-state index contributed by atoms with van der Waals surface area (Å²) in [5.41, 5.74) is 6.50. The predicted molar refractivity (Wildman–Crippen MR) is 130 cm³/mol. The third kappa shape index (κ3) is 3.30. The van der Waals surface area contributed by atoms with Crippen molar-refractivity contribution in [2.45, 2.75) is 44.9 Å². The first-order chi connectivity index (χ1) is 14.0. The van der Waals surface area contributed by atoms with E-state index in [9.17, 15) is 0 Å². The van der Waals surface area contributed by atoms with Gasteiger partial charge in [0.2, 0.25) is 0 Å². The van der Waals surface area contributed by atoms with Crippen LogP contribution >= 0.6 is 43.2 Å². The number of ether oxygens (including phenoxy) is 1. The van der Waals surface area contributed by atoms with Crippen molar-refractivity contribution in [1.29, 1.82) is 0 Å². The molecule has 0 bridgehead atoms. The largest absolute Gasteiger partial charge is 0.497 e. The van der Waals surface area contributed by atoms with Gasteiger partial charge in [-0.1, -0.05) is 19.1 Å². The van der Waals surface area contributed by atoms with Crippen molar-refractivity contribution in [2.75, 3.05) is 7.11 Å². The Morgan fingerprint density at radius 1 is 1.24 bits per heavy atom. The summed E-state index contributed by atoms with van der Waals surface area (Å²) < 4.78 is 6.54. The summed E-state index contributed by atoms with van der Waals surface area (Å²) in [6.45, 7) is 2.55. The molecule has 0 radical (unpaired) electrons. The Morgan fingerprint density at radius 3 is 2.83 bits per heavy atom. The number of aryl methyl sites for hydroxylation is 1. The zero-order valence-corrected chi connectivity index (χ0v) is 20.9. The molecule has 0 N–H and O–H groups in total. The highest BCUT2D eigenvalue weighted by molar-refractivity contribution is 9.28. The van der Waals surface area contributed by atoms with E-state index in [1.807, 2.05) is 11.3 Å². The Balaban J connectivity index is 1.55. The number of fused-ring (bicyclic) bond motifs is 5. The molecule has 1 aromatic heterocycles. The van der Waals surface area contributed by atoms with Crippen LogP contribution < -0.4 is 4.74 Å². The highest BCUT2D eigenvalue weighted by atomic mass is 79.9. The molecule has 3 aliphatic carbocycles. The van der Waals surface area contributed by atoms with Crippen LogP contribution in [0.1, 0.15) is 54.5 Å². The van der Waals surface area contributed by atoms with E-state index >= 15 is 0 Å². The van der Waals surface area contributed by atoms with Crippen molar-refractivity contribution in [2.24, 2.45) is 17.3 Å². The van der Waals surface area contributed by atoms with Gasteiger partial charge >= 0.3 is 0 Å². The van der Waals surface area contributed by atoms with Gasteiger partial charge in [-0.15, -0.1) is 11.3 Å². The third-order valence-corrected chi connectivity index (χ3v) is 9.05. The first kappa shape index (κ1) is 20.1. The monoisotopic (exact) mass is 532 g/mol. The van der Waals surface area contributed by atoms with Crippen LogP contribution in [0.15, 0.2) is 50.8 Å². The smallest absolute Gasteiger partial charge is 0.119 e. The van der Waals surface area contributed by atoms with E-state index in [-0.39, 0.29) is 5.41 Å². The quantitative estimate of drug-likeness (QED) is 0.385. The molecule has 1 heterocycles. The van der Waals surface area contributed by atoms with Crippen LogP contribution in [-0.4, -0.2) is 7.11 Å². The van der Waals surface area contributed by atoms with Crippen LogP contribution in [-0.2, 0) is 6.42 Å². The number of thiophene rings is 1. The van der Waals surface area contributed by atoms with E-state index < -0.39 is 0 Å². The van der Waals surface area contributed by atoms with Crippen molar-refractivity contribution in [1.82, 2.24) is 0 Å². The molecular weight excluding hydrogens is 508 g/mol. The van der Waals surface area contributed by atoms with E-state index in [4.69, 9.17) is 4.74 Å². The molecule has 1 aromatic carbocycles. The molecule has 1 nitrogen and oxygen atoms in total. The minimum absolute atomic E-state index is 0.275. The summed E-state index contributed by atoms with van der Waals surface area (Å²) in [4.78, 5) is 1.46. The van der Waals surface area contributed by atoms with Crippen LogP contribution in [0.3, 0.4) is 0 Å². The maximum atomic E-state index is 5.49. The van der Waals surface area contributed by atoms with Crippen LogP contribution in [0.2, 0.25) is 0 Å². The molecule has 152 valence electrons. The summed E-state index contributed by atoms with van der Waals surface area (Å²) in [6.07, 6.45) is 8.55. The molecule has 1 fully saturated rings. The zero-order valence-electron chi connectivity index (χ0n) is 16.9. The number of hydrogen-bond donors (Lipinski definition) is 0. The van der Waals surface area contributed by atoms with Gasteiger partial charge in [0, 0.05) is 4.88 Å². The van der Waals surface area contributed by atoms with Crippen molar-refractivity contribution >= 4 is 48.8 Å². The number of hydrogen-bond acceptors (Lipinski definition) is 2. The van der Waals surface area contributed by atoms with Crippen molar-refractivity contribution < 1.29 is 4.74 Å². The van der Waals surface area contributed by atoms with Gasteiger partial charge in [-0.05, 0) is 139 Å². The standard InChI is InChI=1S/C25H26Br2OS/c1-25-10-9-19-18-8-6-17(28-2)12-15(18)5-7-20(19)21(25)13-16(14-23(26)27)24(25)22-4-3-11-29-22/h3-4,6,8,11-12,14,19-21H,5,7,9-10,13H2,1-2H3/t19-,20-,21+,25+/m1/s1. The number of rotatable bonds is 3. The second-order valence-electron chi connectivity index (χ2n) is 8.95. The molecule has 4 heteroatoms. The fourth-order valence-electron chi connectivity index (χ4n) is 6.52. The van der Waals surface area contributed by atoms with Gasteiger partial charge in [-0.3, -0.25) is 0 Å². The predicted octanol–water partition coefficient (Wildman–Crippen LogP) is 8.31. The number of allylic oxidation sites excluding steroid dienone is 3. The molecule has 1 saturated carbocycles. The van der Waals surface area contributed by atoms with Gasteiger partial charge in [-0.2, -0.15) is 0 Å². The molecule has 0 aliphatic heterocycles. The minimum Gasteiger partial charge on any atom is -0.497 e. The lowest BCUT2D eigenvalue weighted by atomic mass is 9.54. The summed E-state index contributed by atoms with van der Waals surface area (Å²) >= 11 is 9.16. The number of halogens is 2. The zero-order chi connectivity index (χ0) is 20.2. The van der Waals surface area contributed by atoms with E-state index in [0.29, 0.717) is 5.92 Å². The summed E-state index contributed by atoms with van der Waals surface area (Å²) in [5, 5.41) is 2.22. The molecule has 0 saturated heterocycles. The van der Waals surface area contributed by atoms with Gasteiger partial charge in [-0.25, -0.2) is 0 Å². The molecule has 0 unspecified atom stereocenters. The molecule has 29 heavy (non-hydrogen) atoms. The second-order valence-corrected chi connectivity index (χ2v) is 12.7. The Bertz CT molecular complexity index is 986. The van der Waals surface area contributed by atoms with Gasteiger partial charge in [0.1, 0.15) is 5.75 Å². The maximum Gasteiger partial charge on any atom is 0.119 e. The Labute approximate surface area is 194 Å². The Kier molecular flexibility index (Phi) is 5.33. The van der Waals surface area contributed by atoms with Crippen molar-refractivity contribution in [3.8, 4) is 5.75 Å². The van der Waals surface area contributed by atoms with Crippen LogP contribution in [0.25, 0.3) is 5.57 Å². The highest BCUT2D eigenvalue weighted by Crippen LogP contribution is 2.65. The average Bonchev–Trinajstić information content (AvgIpc) is 3.31. The highest BCUT2D eigenvalue weighted by Gasteiger charge is 2.53. The molecule has 4 atom stereocenters. The van der Waals surface area contributed by atoms with E-state index in [0.717, 1.165) is 21.0 Å². The van der Waals surface area contributed by atoms with Crippen LogP contribution in [0, 0.1) is 17.3 Å². The minimum atomic E-state index is 0.275. The topological polar surface area (TPSA) is 9.23 Å². The Morgan fingerprint density at radius 2 is 2.10 bits per heavy atom. The SMILES string of the molecule is COc1ccc2c(c1)CC[C@@H]1[C@@H]2CC[C@]2(C)C(c3cccs3)=C(C=C(Br)Br)C[C@@H]12. The first-order valence-corrected chi connectivity index (χ1v) is 12.9. The van der Waals surface area contributed by atoms with Gasteiger partial charge < -0.3 is 4.74 Å². The van der Waals surface area contributed by atoms with E-state index in [1.54, 1.807) is 18.2 Å². The van der Waals surface area contributed by atoms with E-state index in [2.05, 4.69) is 80.6 Å². The molecule has 3 aliphatic rings. The van der Waals surface area contributed by atoms with Gasteiger partial charge in [0.05, 0.1) is 10.5 Å². The summed E-state index contributed by atoms with van der Waals surface area (Å²) in [7, 11) is 1.77. The fraction of sp³-hybridized carbons (Fsp3) is 0.440. The van der Waals surface area contributed by atoms with Crippen molar-refractivity contribution in [3.05, 3.63) is 66.8 Å². The van der Waals surface area contributed by atoms with E-state index in [1.165, 1.54) is 48.1 Å². The lowest BCUT2D eigenvalue weighted by Gasteiger charge is -2.50. The molecule has 5 rings (SSSR count). The maximum absolute atomic E-state index is 5.49. The number of benzene rings is 1. The summed E-state index contributed by atoms with van der Waals surface area (Å²) in [5.74, 6) is 3.19. The molecule has 0 spiro atoms. The summed E-state index contributed by atoms with van der Waals surface area (Å²) in [6, 6.07) is 11.3. The first-order valence-electron chi connectivity index (χ1n) is 10.5. The lowest BCUT2D eigenvalue weighted by Crippen LogP contribution is -2.40. The molecule has 0 amide bonds. The lowest BCUT2D eigenvalue weighted by molar-refractivity contribution is 0.0882. The van der Waals surface area contributed by atoms with Crippen LogP contribution in [0.4, 0.5) is 0 Å². The molecular formula is C25H26Br2OS. The van der Waals surface area contributed by atoms with Gasteiger partial charge in [0.25, 0.3) is 0 Å². The number of methoxy groups -OCH3 is 1. The van der Waals surface area contributed by atoms with Crippen LogP contribution in [0.5, 0.6) is 5.75 Å². The normalized spacial score (nSPS) is 30.4. The average molecular weight is 534 g/mol. The van der Waals surface area contributed by atoms with Gasteiger partial charge in [0.15, 0.2) is 0 Å².